The largest absolute Gasteiger partial charge is 0.378 e. The molecule has 2 aromatic heterocycles. The van der Waals surface area contributed by atoms with Crippen molar-refractivity contribution in [3.05, 3.63) is 59.4 Å². The minimum atomic E-state index is 0.685. The monoisotopic (exact) mass is 340 g/mol. The highest BCUT2D eigenvalue weighted by Crippen LogP contribution is 2.28. The van der Waals surface area contributed by atoms with Crippen LogP contribution in [-0.4, -0.2) is 46.9 Å². The predicted octanol–water partition coefficient (Wildman–Crippen LogP) is 3.32. The van der Waals surface area contributed by atoms with E-state index in [1.54, 1.807) is 0 Å². The maximum absolute atomic E-state index is 6.36. The molecule has 4 rings (SSSR count). The van der Waals surface area contributed by atoms with Crippen molar-refractivity contribution in [1.29, 1.82) is 0 Å². The van der Waals surface area contributed by atoms with Crippen molar-refractivity contribution in [1.82, 2.24) is 14.4 Å². The van der Waals surface area contributed by atoms with Gasteiger partial charge in [-0.3, -0.25) is 9.41 Å². The van der Waals surface area contributed by atoms with Crippen LogP contribution in [0.3, 0.4) is 0 Å². The summed E-state index contributed by atoms with van der Waals surface area (Å²) in [6.07, 6.45) is 3.81. The summed E-state index contributed by atoms with van der Waals surface area (Å²) in [5, 5.41) is 7.24. The minimum Gasteiger partial charge on any atom is -0.378 e. The molecular weight excluding hydrogens is 324 g/mol. The van der Waals surface area contributed by atoms with Crippen LogP contribution in [0.4, 0.5) is 0 Å². The fourth-order valence-electron chi connectivity index (χ4n) is 2.79. The van der Waals surface area contributed by atoms with E-state index in [0.29, 0.717) is 18.2 Å². The number of halogens is 1. The lowest BCUT2D eigenvalue weighted by molar-refractivity contribution is 0.0397. The van der Waals surface area contributed by atoms with E-state index in [-0.39, 0.29) is 0 Å². The number of benzene rings is 1. The Morgan fingerprint density at radius 3 is 2.71 bits per heavy atom. The molecule has 0 spiro atoms. The lowest BCUT2D eigenvalue weighted by Gasteiger charge is -2.23. The number of ether oxygens (including phenoxy) is 1. The number of morpholine rings is 1. The van der Waals surface area contributed by atoms with Gasteiger partial charge in [0.25, 0.3) is 0 Å². The van der Waals surface area contributed by atoms with Crippen LogP contribution in [0.2, 0.25) is 5.02 Å². The summed E-state index contributed by atoms with van der Waals surface area (Å²) in [5.41, 5.74) is 2.74. The molecule has 0 unspecified atom stereocenters. The molecule has 5 nitrogen and oxygen atoms in total. The number of hydrazone groups is 1. The summed E-state index contributed by atoms with van der Waals surface area (Å²) < 4.78 is 7.39. The van der Waals surface area contributed by atoms with Gasteiger partial charge >= 0.3 is 0 Å². The maximum atomic E-state index is 6.36. The lowest BCUT2D eigenvalue weighted by atomic mass is 10.2. The Bertz CT molecular complexity index is 884. The summed E-state index contributed by atoms with van der Waals surface area (Å²) in [7, 11) is 0. The molecule has 1 saturated heterocycles. The highest BCUT2D eigenvalue weighted by atomic mass is 35.5. The number of nitrogens with zero attached hydrogens (tertiary/aromatic N) is 4. The summed E-state index contributed by atoms with van der Waals surface area (Å²) in [5.74, 6) is 0.819. The van der Waals surface area contributed by atoms with Crippen molar-refractivity contribution in [3.8, 4) is 11.4 Å². The third-order valence-corrected chi connectivity index (χ3v) is 4.35. The minimum absolute atomic E-state index is 0.685. The van der Waals surface area contributed by atoms with Gasteiger partial charge in [0, 0.05) is 11.8 Å². The molecular formula is C18H17ClN4O. The van der Waals surface area contributed by atoms with E-state index >= 15 is 0 Å². The van der Waals surface area contributed by atoms with Crippen LogP contribution in [0, 0.1) is 0 Å². The average molecular weight is 341 g/mol. The van der Waals surface area contributed by atoms with Gasteiger partial charge < -0.3 is 4.74 Å². The van der Waals surface area contributed by atoms with E-state index in [1.807, 2.05) is 64.3 Å². The molecule has 122 valence electrons. The van der Waals surface area contributed by atoms with Gasteiger partial charge in [-0.2, -0.15) is 5.10 Å². The topological polar surface area (TPSA) is 42.1 Å². The molecule has 1 aromatic carbocycles. The molecule has 1 aliphatic rings. The van der Waals surface area contributed by atoms with Gasteiger partial charge in [0.05, 0.1) is 43.1 Å². The molecule has 0 saturated carbocycles. The van der Waals surface area contributed by atoms with Gasteiger partial charge in [-0.15, -0.1) is 0 Å². The van der Waals surface area contributed by atoms with E-state index < -0.39 is 0 Å². The first kappa shape index (κ1) is 15.2. The molecule has 24 heavy (non-hydrogen) atoms. The quantitative estimate of drug-likeness (QED) is 0.687. The smallest absolute Gasteiger partial charge is 0.146 e. The van der Waals surface area contributed by atoms with Crippen molar-refractivity contribution in [2.24, 2.45) is 5.10 Å². The van der Waals surface area contributed by atoms with Crippen LogP contribution in [0.25, 0.3) is 16.9 Å². The van der Waals surface area contributed by atoms with Crippen LogP contribution in [-0.2, 0) is 4.74 Å². The van der Waals surface area contributed by atoms with Crippen molar-refractivity contribution in [3.63, 3.8) is 0 Å². The number of imidazole rings is 1. The molecule has 0 N–H and O–H groups in total. The van der Waals surface area contributed by atoms with Crippen LogP contribution in [0.15, 0.2) is 53.8 Å². The average Bonchev–Trinajstić information content (AvgIpc) is 3.00. The SMILES string of the molecule is Clc1ccccc1-c1nc(C=NN2CCOCC2)c2ccccn12. The molecule has 3 heterocycles. The molecule has 0 atom stereocenters. The highest BCUT2D eigenvalue weighted by Gasteiger charge is 2.14. The summed E-state index contributed by atoms with van der Waals surface area (Å²) >= 11 is 6.36. The molecule has 0 radical (unpaired) electrons. The fourth-order valence-corrected chi connectivity index (χ4v) is 3.02. The highest BCUT2D eigenvalue weighted by molar-refractivity contribution is 6.33. The van der Waals surface area contributed by atoms with Crippen LogP contribution in [0.1, 0.15) is 5.69 Å². The Morgan fingerprint density at radius 2 is 1.88 bits per heavy atom. The lowest BCUT2D eigenvalue weighted by Crippen LogP contribution is -2.32. The van der Waals surface area contributed by atoms with Gasteiger partial charge in [0.2, 0.25) is 0 Å². The second-order valence-corrected chi connectivity index (χ2v) is 5.97. The number of hydrogen-bond acceptors (Lipinski definition) is 4. The summed E-state index contributed by atoms with van der Waals surface area (Å²) in [6, 6.07) is 13.8. The third-order valence-electron chi connectivity index (χ3n) is 4.02. The van der Waals surface area contributed by atoms with Crippen molar-refractivity contribution < 1.29 is 4.74 Å². The molecule has 1 fully saturated rings. The van der Waals surface area contributed by atoms with Crippen LogP contribution in [0.5, 0.6) is 0 Å². The van der Waals surface area contributed by atoms with Gasteiger partial charge in [0.1, 0.15) is 11.5 Å². The van der Waals surface area contributed by atoms with Gasteiger partial charge in [-0.1, -0.05) is 29.8 Å². The third kappa shape index (κ3) is 2.88. The standard InChI is InChI=1S/C18H17ClN4O/c19-15-6-2-1-5-14(15)18-21-16(17-7-3-4-8-23(17)18)13-20-22-9-11-24-12-10-22/h1-8,13H,9-12H2. The molecule has 1 aliphatic heterocycles. The number of rotatable bonds is 3. The maximum Gasteiger partial charge on any atom is 0.146 e. The van der Waals surface area contributed by atoms with E-state index in [0.717, 1.165) is 35.7 Å². The number of fused-ring (bicyclic) bond motifs is 1. The van der Waals surface area contributed by atoms with Gasteiger partial charge in [0.15, 0.2) is 0 Å². The first-order chi connectivity index (χ1) is 11.8. The van der Waals surface area contributed by atoms with Gasteiger partial charge in [-0.05, 0) is 24.3 Å². The summed E-state index contributed by atoms with van der Waals surface area (Å²) in [6.45, 7) is 3.04. The summed E-state index contributed by atoms with van der Waals surface area (Å²) in [4.78, 5) is 4.78. The van der Waals surface area contributed by atoms with Crippen LogP contribution >= 0.6 is 11.6 Å². The van der Waals surface area contributed by atoms with Crippen molar-refractivity contribution in [2.45, 2.75) is 0 Å². The first-order valence-corrected chi connectivity index (χ1v) is 8.29. The molecule has 0 bridgehead atoms. The van der Waals surface area contributed by atoms with E-state index in [1.165, 1.54) is 0 Å². The zero-order valence-electron chi connectivity index (χ0n) is 13.1. The number of aromatic nitrogens is 2. The number of pyridine rings is 1. The second-order valence-electron chi connectivity index (χ2n) is 5.57. The molecule has 3 aromatic rings. The van der Waals surface area contributed by atoms with Gasteiger partial charge in [-0.25, -0.2) is 4.98 Å². The van der Waals surface area contributed by atoms with E-state index in [2.05, 4.69) is 5.10 Å². The Labute approximate surface area is 145 Å². The van der Waals surface area contributed by atoms with E-state index in [9.17, 15) is 0 Å². The van der Waals surface area contributed by atoms with Crippen molar-refractivity contribution in [2.75, 3.05) is 26.3 Å². The zero-order valence-corrected chi connectivity index (χ0v) is 13.9. The second kappa shape index (κ2) is 6.63. The Kier molecular flexibility index (Phi) is 4.19. The molecule has 6 heteroatoms. The number of hydrogen-bond donors (Lipinski definition) is 0. The Hall–Kier alpha value is -2.37. The zero-order chi connectivity index (χ0) is 16.4. The molecule has 0 aliphatic carbocycles. The van der Waals surface area contributed by atoms with E-state index in [4.69, 9.17) is 21.3 Å². The Balaban J connectivity index is 1.77. The normalized spacial score (nSPS) is 15.5. The first-order valence-electron chi connectivity index (χ1n) is 7.91. The fraction of sp³-hybridized carbons (Fsp3) is 0.222. The molecule has 0 amide bonds. The Morgan fingerprint density at radius 1 is 1.08 bits per heavy atom. The van der Waals surface area contributed by atoms with Crippen molar-refractivity contribution >= 4 is 23.3 Å². The predicted molar refractivity (Wildman–Crippen MR) is 95.6 cm³/mol. The van der Waals surface area contributed by atoms with Crippen LogP contribution < -0.4 is 0 Å².